The summed E-state index contributed by atoms with van der Waals surface area (Å²) in [7, 11) is 0. The van der Waals surface area contributed by atoms with Crippen molar-refractivity contribution in [2.45, 2.75) is 26.3 Å². The van der Waals surface area contributed by atoms with E-state index in [2.05, 4.69) is 50.3 Å². The summed E-state index contributed by atoms with van der Waals surface area (Å²) in [6, 6.07) is 6.49. The van der Waals surface area contributed by atoms with Gasteiger partial charge in [0.25, 0.3) is 0 Å². The Balaban J connectivity index is 2.17. The number of hydrogen-bond acceptors (Lipinski definition) is 4. The van der Waals surface area contributed by atoms with Crippen LogP contribution in [-0.2, 0) is 6.42 Å². The van der Waals surface area contributed by atoms with Crippen LogP contribution in [0.15, 0.2) is 28.2 Å². The lowest BCUT2D eigenvalue weighted by Crippen LogP contribution is -2.24. The Morgan fingerprint density at radius 3 is 2.83 bits per heavy atom. The van der Waals surface area contributed by atoms with Crippen molar-refractivity contribution in [1.29, 1.82) is 0 Å². The molecule has 0 saturated heterocycles. The molecular formula is C13H16BrN3S. The molecule has 0 aliphatic heterocycles. The highest BCUT2D eigenvalue weighted by molar-refractivity contribution is 9.11. The van der Waals surface area contributed by atoms with Crippen molar-refractivity contribution in [2.75, 3.05) is 6.54 Å². The highest BCUT2D eigenvalue weighted by atomic mass is 79.9. The Labute approximate surface area is 120 Å². The summed E-state index contributed by atoms with van der Waals surface area (Å²) in [4.78, 5) is 10.0. The van der Waals surface area contributed by atoms with E-state index >= 15 is 0 Å². The Morgan fingerprint density at radius 1 is 1.39 bits per heavy atom. The SMILES string of the molecule is CCNC(Cc1ccc(Br)s1)c1ccnc(C)n1. The van der Waals surface area contributed by atoms with Crippen molar-refractivity contribution in [3.05, 3.63) is 44.6 Å². The number of hydrogen-bond donors (Lipinski definition) is 1. The minimum Gasteiger partial charge on any atom is -0.309 e. The maximum Gasteiger partial charge on any atom is 0.125 e. The predicted octanol–water partition coefficient (Wildman–Crippen LogP) is 3.50. The molecular weight excluding hydrogens is 310 g/mol. The van der Waals surface area contributed by atoms with Crippen LogP contribution in [0.3, 0.4) is 0 Å². The van der Waals surface area contributed by atoms with E-state index in [0.29, 0.717) is 0 Å². The molecule has 0 aromatic carbocycles. The van der Waals surface area contributed by atoms with E-state index in [9.17, 15) is 0 Å². The van der Waals surface area contributed by atoms with Gasteiger partial charge in [-0.2, -0.15) is 0 Å². The van der Waals surface area contributed by atoms with Crippen LogP contribution in [0.1, 0.15) is 29.4 Å². The summed E-state index contributed by atoms with van der Waals surface area (Å²) in [6.07, 6.45) is 2.78. The summed E-state index contributed by atoms with van der Waals surface area (Å²) in [5.74, 6) is 0.822. The summed E-state index contributed by atoms with van der Waals surface area (Å²) in [5, 5.41) is 3.48. The molecule has 0 fully saturated rings. The van der Waals surface area contributed by atoms with Gasteiger partial charge in [-0.05, 0) is 47.6 Å². The third kappa shape index (κ3) is 3.60. The number of aryl methyl sites for hydroxylation is 1. The molecule has 96 valence electrons. The second-order valence-corrected chi connectivity index (χ2v) is 6.60. The van der Waals surface area contributed by atoms with Gasteiger partial charge in [0.15, 0.2) is 0 Å². The first-order chi connectivity index (χ1) is 8.69. The molecule has 2 aromatic rings. The van der Waals surface area contributed by atoms with Crippen LogP contribution in [0, 0.1) is 6.92 Å². The topological polar surface area (TPSA) is 37.8 Å². The van der Waals surface area contributed by atoms with Crippen molar-refractivity contribution >= 4 is 27.3 Å². The monoisotopic (exact) mass is 325 g/mol. The van der Waals surface area contributed by atoms with Crippen LogP contribution >= 0.6 is 27.3 Å². The maximum atomic E-state index is 4.51. The van der Waals surface area contributed by atoms with Crippen molar-refractivity contribution in [1.82, 2.24) is 15.3 Å². The molecule has 0 saturated carbocycles. The van der Waals surface area contributed by atoms with Gasteiger partial charge in [0.05, 0.1) is 15.5 Å². The molecule has 0 aliphatic carbocycles. The summed E-state index contributed by atoms with van der Waals surface area (Å²) in [6.45, 7) is 4.97. The normalized spacial score (nSPS) is 12.6. The van der Waals surface area contributed by atoms with E-state index in [0.717, 1.165) is 24.5 Å². The summed E-state index contributed by atoms with van der Waals surface area (Å²) in [5.41, 5.74) is 1.06. The molecule has 2 aromatic heterocycles. The predicted molar refractivity (Wildman–Crippen MR) is 78.9 cm³/mol. The fourth-order valence-electron chi connectivity index (χ4n) is 1.86. The molecule has 2 rings (SSSR count). The standard InChI is InChI=1S/C13H16BrN3S/c1-3-15-12(8-10-4-5-13(14)18-10)11-6-7-16-9(2)17-11/h4-7,12,15H,3,8H2,1-2H3. The van der Waals surface area contributed by atoms with Gasteiger partial charge >= 0.3 is 0 Å². The average molecular weight is 326 g/mol. The van der Waals surface area contributed by atoms with Crippen LogP contribution in [0.5, 0.6) is 0 Å². The van der Waals surface area contributed by atoms with E-state index in [1.807, 2.05) is 19.2 Å². The number of rotatable bonds is 5. The number of halogens is 1. The largest absolute Gasteiger partial charge is 0.309 e. The van der Waals surface area contributed by atoms with Crippen LogP contribution in [0.2, 0.25) is 0 Å². The Bertz CT molecular complexity index is 512. The van der Waals surface area contributed by atoms with Gasteiger partial charge in [-0.3, -0.25) is 0 Å². The molecule has 0 radical (unpaired) electrons. The highest BCUT2D eigenvalue weighted by Gasteiger charge is 2.14. The molecule has 3 nitrogen and oxygen atoms in total. The minimum atomic E-state index is 0.252. The van der Waals surface area contributed by atoms with Gasteiger partial charge < -0.3 is 5.32 Å². The molecule has 2 heterocycles. The third-order valence-electron chi connectivity index (χ3n) is 2.64. The number of nitrogens with zero attached hydrogens (tertiary/aromatic N) is 2. The molecule has 1 unspecified atom stereocenters. The van der Waals surface area contributed by atoms with E-state index < -0.39 is 0 Å². The Kier molecular flexibility index (Phi) is 4.86. The lowest BCUT2D eigenvalue weighted by Gasteiger charge is -2.16. The average Bonchev–Trinajstić information content (AvgIpc) is 2.74. The van der Waals surface area contributed by atoms with Gasteiger partial charge in [0.1, 0.15) is 5.82 Å². The minimum absolute atomic E-state index is 0.252. The summed E-state index contributed by atoms with van der Waals surface area (Å²) >= 11 is 5.28. The van der Waals surface area contributed by atoms with Crippen LogP contribution < -0.4 is 5.32 Å². The number of aromatic nitrogens is 2. The second-order valence-electron chi connectivity index (χ2n) is 4.05. The summed E-state index contributed by atoms with van der Waals surface area (Å²) < 4.78 is 1.17. The molecule has 1 N–H and O–H groups in total. The molecule has 0 bridgehead atoms. The number of thiophene rings is 1. The zero-order valence-electron chi connectivity index (χ0n) is 10.5. The van der Waals surface area contributed by atoms with E-state index in [4.69, 9.17) is 0 Å². The van der Waals surface area contributed by atoms with Gasteiger partial charge in [0, 0.05) is 17.5 Å². The van der Waals surface area contributed by atoms with Crippen LogP contribution in [0.4, 0.5) is 0 Å². The smallest absolute Gasteiger partial charge is 0.125 e. The third-order valence-corrected chi connectivity index (χ3v) is 4.29. The molecule has 18 heavy (non-hydrogen) atoms. The molecule has 0 spiro atoms. The maximum absolute atomic E-state index is 4.51. The Hall–Kier alpha value is -0.780. The van der Waals surface area contributed by atoms with E-state index in [-0.39, 0.29) is 6.04 Å². The van der Waals surface area contributed by atoms with Gasteiger partial charge in [0.2, 0.25) is 0 Å². The molecule has 0 amide bonds. The Morgan fingerprint density at radius 2 is 2.22 bits per heavy atom. The van der Waals surface area contributed by atoms with Crippen molar-refractivity contribution in [3.63, 3.8) is 0 Å². The first-order valence-electron chi connectivity index (χ1n) is 5.96. The van der Waals surface area contributed by atoms with Crippen molar-refractivity contribution in [2.24, 2.45) is 0 Å². The van der Waals surface area contributed by atoms with E-state index in [1.54, 1.807) is 11.3 Å². The zero-order chi connectivity index (χ0) is 13.0. The first kappa shape index (κ1) is 13.6. The molecule has 1 atom stereocenters. The lowest BCUT2D eigenvalue weighted by molar-refractivity contribution is 0.537. The van der Waals surface area contributed by atoms with Crippen molar-refractivity contribution in [3.8, 4) is 0 Å². The van der Waals surface area contributed by atoms with Gasteiger partial charge in [-0.25, -0.2) is 9.97 Å². The first-order valence-corrected chi connectivity index (χ1v) is 7.57. The molecule has 5 heteroatoms. The van der Waals surface area contributed by atoms with Gasteiger partial charge in [-0.15, -0.1) is 11.3 Å². The quantitative estimate of drug-likeness (QED) is 0.914. The fourth-order valence-corrected chi connectivity index (χ4v) is 3.39. The van der Waals surface area contributed by atoms with Crippen molar-refractivity contribution < 1.29 is 0 Å². The lowest BCUT2D eigenvalue weighted by atomic mass is 10.1. The zero-order valence-corrected chi connectivity index (χ0v) is 12.9. The fraction of sp³-hybridized carbons (Fsp3) is 0.385. The second kappa shape index (κ2) is 6.41. The number of nitrogens with one attached hydrogen (secondary N) is 1. The van der Waals surface area contributed by atoms with Crippen LogP contribution in [0.25, 0.3) is 0 Å². The van der Waals surface area contributed by atoms with E-state index in [1.165, 1.54) is 8.66 Å². The molecule has 0 aliphatic rings. The van der Waals surface area contributed by atoms with Gasteiger partial charge in [-0.1, -0.05) is 6.92 Å². The van der Waals surface area contributed by atoms with Crippen LogP contribution in [-0.4, -0.2) is 16.5 Å². The number of likely N-dealkylation sites (N-methyl/N-ethyl adjacent to an activating group) is 1. The highest BCUT2D eigenvalue weighted by Crippen LogP contribution is 2.26.